The van der Waals surface area contributed by atoms with E-state index in [2.05, 4.69) is 84.6 Å². The van der Waals surface area contributed by atoms with Crippen LogP contribution < -0.4 is 4.90 Å². The van der Waals surface area contributed by atoms with E-state index >= 15 is 0 Å². The molecule has 0 saturated carbocycles. The van der Waals surface area contributed by atoms with E-state index < -0.39 is 11.9 Å². The van der Waals surface area contributed by atoms with Crippen LogP contribution in [0.15, 0.2) is 132 Å². The fraction of sp³-hybridized carbons (Fsp3) is 0.0870. The van der Waals surface area contributed by atoms with Gasteiger partial charge in [-0.3, -0.25) is 0 Å². The van der Waals surface area contributed by atoms with Crippen molar-refractivity contribution in [2.75, 3.05) is 4.90 Å². The molecule has 8 heteroatoms. The fourth-order valence-corrected chi connectivity index (χ4v) is 6.04. The third-order valence-corrected chi connectivity index (χ3v) is 9.09. The fourth-order valence-electron chi connectivity index (χ4n) is 5.61. The van der Waals surface area contributed by atoms with Gasteiger partial charge in [0.1, 0.15) is 23.3 Å². The van der Waals surface area contributed by atoms with Crippen LogP contribution in [0.4, 0.5) is 17.1 Å². The zero-order valence-corrected chi connectivity index (χ0v) is 30.4. The van der Waals surface area contributed by atoms with E-state index in [0.717, 1.165) is 52.2 Å². The van der Waals surface area contributed by atoms with E-state index in [0.29, 0.717) is 11.1 Å². The molecule has 0 heterocycles. The molecule has 1 atom stereocenters. The molecule has 0 fully saturated rings. The van der Waals surface area contributed by atoms with Gasteiger partial charge in [-0.05, 0) is 93.9 Å². The van der Waals surface area contributed by atoms with Crippen LogP contribution in [-0.2, 0) is 9.59 Å². The number of carbonyl (C=O) groups is 2. The highest BCUT2D eigenvalue weighted by molar-refractivity contribution is 7.80. The Morgan fingerprint density at radius 2 is 0.870 bits per heavy atom. The Morgan fingerprint density at radius 3 is 1.17 bits per heavy atom. The number of thiol groups is 1. The zero-order valence-electron chi connectivity index (χ0n) is 29.5. The Hall–Kier alpha value is -6.87. The number of nitrogens with zero attached hydrogens (tertiary/aromatic N) is 3. The first-order chi connectivity index (χ1) is 26.2. The van der Waals surface area contributed by atoms with Crippen molar-refractivity contribution >= 4 is 78.1 Å². The Balaban J connectivity index is 1.37. The average molecular weight is 728 g/mol. The van der Waals surface area contributed by atoms with Gasteiger partial charge >= 0.3 is 11.9 Å². The van der Waals surface area contributed by atoms with Gasteiger partial charge in [0.15, 0.2) is 0 Å². The van der Waals surface area contributed by atoms with Gasteiger partial charge in [-0.2, -0.15) is 23.2 Å². The summed E-state index contributed by atoms with van der Waals surface area (Å²) in [6, 6.07) is 43.1. The third kappa shape index (κ3) is 10.4. The molecular formula is C46H37N3O4S. The summed E-state index contributed by atoms with van der Waals surface area (Å²) in [7, 11) is 0. The average Bonchev–Trinajstić information content (AvgIpc) is 3.19. The summed E-state index contributed by atoms with van der Waals surface area (Å²) in [5, 5.41) is 36.4. The van der Waals surface area contributed by atoms with E-state index in [9.17, 15) is 9.59 Å². The lowest BCUT2D eigenvalue weighted by atomic mass is 10.1. The molecule has 0 aliphatic carbocycles. The molecule has 0 saturated heterocycles. The molecule has 5 aromatic rings. The first-order valence-electron chi connectivity index (χ1n) is 17.2. The van der Waals surface area contributed by atoms with Crippen LogP contribution in [-0.4, -0.2) is 22.2 Å². The molecule has 5 aromatic carbocycles. The summed E-state index contributed by atoms with van der Waals surface area (Å²) < 4.78 is 0. The number of nitriles is 2. The van der Waals surface area contributed by atoms with Gasteiger partial charge in [-0.25, -0.2) is 9.59 Å². The molecule has 0 bridgehead atoms. The second-order valence-electron chi connectivity index (χ2n) is 12.4. The molecule has 266 valence electrons. The highest BCUT2D eigenvalue weighted by atomic mass is 32.1. The molecule has 0 radical (unpaired) electrons. The van der Waals surface area contributed by atoms with Crippen LogP contribution in [0.25, 0.3) is 36.5 Å². The Bertz CT molecular complexity index is 2150. The molecule has 0 spiro atoms. The maximum absolute atomic E-state index is 11.2. The minimum absolute atomic E-state index is 0.175. The molecule has 7 nitrogen and oxygen atoms in total. The predicted octanol–water partition coefficient (Wildman–Crippen LogP) is 11.3. The van der Waals surface area contributed by atoms with Gasteiger partial charge in [0.25, 0.3) is 0 Å². The van der Waals surface area contributed by atoms with Crippen LogP contribution >= 0.6 is 12.6 Å². The molecule has 1 unspecified atom stereocenters. The number of carboxylic acid groups (broad SMARTS) is 2. The molecular weight excluding hydrogens is 691 g/mol. The van der Waals surface area contributed by atoms with Gasteiger partial charge in [0, 0.05) is 22.3 Å². The summed E-state index contributed by atoms with van der Waals surface area (Å²) in [5.74, 6) is -2.51. The normalized spacial score (nSPS) is 12.3. The molecule has 0 amide bonds. The van der Waals surface area contributed by atoms with Crippen molar-refractivity contribution in [3.05, 3.63) is 171 Å². The quantitative estimate of drug-likeness (QED) is 0.0450. The number of hydrogen-bond donors (Lipinski definition) is 3. The van der Waals surface area contributed by atoms with E-state index in [1.807, 2.05) is 48.6 Å². The number of anilines is 3. The number of benzene rings is 5. The number of hydrogen-bond acceptors (Lipinski definition) is 6. The summed E-state index contributed by atoms with van der Waals surface area (Å²) in [5.41, 5.74) is 8.68. The second-order valence-corrected chi connectivity index (χ2v) is 13.0. The molecule has 5 rings (SSSR count). The molecule has 54 heavy (non-hydrogen) atoms. The van der Waals surface area contributed by atoms with Crippen LogP contribution in [0.3, 0.4) is 0 Å². The van der Waals surface area contributed by atoms with Gasteiger partial charge < -0.3 is 15.1 Å². The van der Waals surface area contributed by atoms with E-state index in [4.69, 9.17) is 33.4 Å². The van der Waals surface area contributed by atoms with Gasteiger partial charge in [0.2, 0.25) is 0 Å². The van der Waals surface area contributed by atoms with E-state index in [1.54, 1.807) is 36.4 Å². The van der Waals surface area contributed by atoms with Crippen molar-refractivity contribution in [2.24, 2.45) is 0 Å². The van der Waals surface area contributed by atoms with Crippen molar-refractivity contribution < 1.29 is 19.8 Å². The van der Waals surface area contributed by atoms with Gasteiger partial charge in [-0.1, -0.05) is 123 Å². The maximum Gasteiger partial charge on any atom is 0.346 e. The molecule has 2 N–H and O–H groups in total. The monoisotopic (exact) mass is 727 g/mol. The van der Waals surface area contributed by atoms with Crippen LogP contribution in [0.5, 0.6) is 0 Å². The van der Waals surface area contributed by atoms with Crippen LogP contribution in [0.2, 0.25) is 0 Å². The maximum atomic E-state index is 11.2. The molecule has 0 aliphatic heterocycles. The zero-order chi connectivity index (χ0) is 38.5. The third-order valence-electron chi connectivity index (χ3n) is 8.53. The van der Waals surface area contributed by atoms with Crippen LogP contribution in [0.1, 0.15) is 64.0 Å². The number of rotatable bonds is 14. The van der Waals surface area contributed by atoms with E-state index in [-0.39, 0.29) is 16.4 Å². The summed E-state index contributed by atoms with van der Waals surface area (Å²) in [6.45, 7) is 2.16. The van der Waals surface area contributed by atoms with Crippen molar-refractivity contribution in [3.8, 4) is 12.1 Å². The van der Waals surface area contributed by atoms with Gasteiger partial charge in [0.05, 0.1) is 0 Å². The Kier molecular flexibility index (Phi) is 13.2. The molecule has 0 aliphatic rings. The molecule has 0 aromatic heterocycles. The lowest BCUT2D eigenvalue weighted by molar-refractivity contribution is -0.133. The lowest BCUT2D eigenvalue weighted by Gasteiger charge is -2.26. The van der Waals surface area contributed by atoms with Gasteiger partial charge in [-0.15, -0.1) is 0 Å². The first-order valence-corrected chi connectivity index (χ1v) is 17.7. The van der Waals surface area contributed by atoms with Crippen LogP contribution in [0, 0.1) is 22.7 Å². The minimum atomic E-state index is -1.25. The summed E-state index contributed by atoms with van der Waals surface area (Å²) in [4.78, 5) is 24.5. The van der Waals surface area contributed by atoms with Crippen molar-refractivity contribution in [1.82, 2.24) is 0 Å². The number of carboxylic acids is 2. The largest absolute Gasteiger partial charge is 0.477 e. The van der Waals surface area contributed by atoms with E-state index in [1.165, 1.54) is 17.7 Å². The topological polar surface area (TPSA) is 125 Å². The second kappa shape index (κ2) is 18.6. The SMILES string of the molecule is CCCC(S)c1ccc(N(c2ccc(/C=C/c3ccc(/C=C(\C#N)C(=O)O)cc3)cc2)c2ccc(/C=C/c3ccc(/C=C(\C#N)C(=O)O)cc3)cc2)cc1. The smallest absolute Gasteiger partial charge is 0.346 e. The predicted molar refractivity (Wildman–Crippen MR) is 221 cm³/mol. The van der Waals surface area contributed by atoms with Crippen molar-refractivity contribution in [2.45, 2.75) is 25.0 Å². The highest BCUT2D eigenvalue weighted by Gasteiger charge is 2.14. The highest BCUT2D eigenvalue weighted by Crippen LogP contribution is 2.36. The summed E-state index contributed by atoms with van der Waals surface area (Å²) in [6.07, 6.45) is 12.7. The standard InChI is InChI=1S/C46H37N3O4S/c1-2-3-44(54)38-20-26-43(27-21-38)49(41-22-16-34(17-23-41)6-4-32-8-12-36(13-9-32)28-39(30-47)45(50)51)42-24-18-35(19-25-42)7-5-33-10-14-37(15-11-33)29-40(31-48)46(52)53/h4-29,44,54H,2-3H2,1H3,(H,50,51)(H,52,53)/b6-4+,7-5+,39-28+,40-29+. The number of aliphatic carboxylic acids is 2. The minimum Gasteiger partial charge on any atom is -0.477 e. The van der Waals surface area contributed by atoms with Crippen molar-refractivity contribution in [1.29, 1.82) is 10.5 Å². The Labute approximate surface area is 320 Å². The van der Waals surface area contributed by atoms with Crippen molar-refractivity contribution in [3.63, 3.8) is 0 Å². The summed E-state index contributed by atoms with van der Waals surface area (Å²) >= 11 is 4.80. The Morgan fingerprint density at radius 1 is 0.574 bits per heavy atom. The first kappa shape index (κ1) is 38.4. The lowest BCUT2D eigenvalue weighted by Crippen LogP contribution is -2.10.